The minimum Gasteiger partial charge on any atom is -1.00 e. The van der Waals surface area contributed by atoms with Crippen molar-refractivity contribution in [1.82, 2.24) is 25.3 Å². The Kier molecular flexibility index (Phi) is 14.0. The van der Waals surface area contributed by atoms with Crippen LogP contribution in [0.1, 0.15) is 28.9 Å². The zero-order valence-corrected chi connectivity index (χ0v) is 23.6. The van der Waals surface area contributed by atoms with Gasteiger partial charge in [-0.25, -0.2) is 14.8 Å². The first-order chi connectivity index (χ1) is 15.2. The number of carbonyl (C=O) groups is 3. The largest absolute Gasteiger partial charge is 1.00 e. The molecular formula is C19H18ClN7Na2O6. The van der Waals surface area contributed by atoms with E-state index in [2.05, 4.69) is 30.6 Å². The summed E-state index contributed by atoms with van der Waals surface area (Å²) < 4.78 is 0. The molecule has 0 bridgehead atoms. The van der Waals surface area contributed by atoms with Crippen LogP contribution in [-0.4, -0.2) is 48.9 Å². The number of aromatic amines is 1. The van der Waals surface area contributed by atoms with Gasteiger partial charge in [0.05, 0.1) is 18.4 Å². The third kappa shape index (κ3) is 9.37. The number of nitrogens with two attached hydrogens (primary N) is 1. The van der Waals surface area contributed by atoms with Crippen molar-refractivity contribution in [2.24, 2.45) is 0 Å². The van der Waals surface area contributed by atoms with E-state index in [-0.39, 0.29) is 107 Å². The fourth-order valence-electron chi connectivity index (χ4n) is 2.75. The zero-order valence-electron chi connectivity index (χ0n) is 18.9. The summed E-state index contributed by atoms with van der Waals surface area (Å²) in [6.07, 6.45) is 0.662. The maximum Gasteiger partial charge on any atom is 1.00 e. The van der Waals surface area contributed by atoms with Crippen molar-refractivity contribution in [2.75, 3.05) is 11.1 Å². The molecule has 174 valence electrons. The van der Waals surface area contributed by atoms with E-state index in [0.717, 1.165) is 0 Å². The summed E-state index contributed by atoms with van der Waals surface area (Å²) >= 11 is 0. The average Bonchev–Trinajstić information content (AvgIpc) is 2.75. The van der Waals surface area contributed by atoms with Crippen LogP contribution in [0.2, 0.25) is 0 Å². The molecule has 1 atom stereocenters. The van der Waals surface area contributed by atoms with Gasteiger partial charge in [0.15, 0.2) is 11.2 Å². The molecule has 2 aromatic heterocycles. The monoisotopic (exact) mass is 521 g/mol. The van der Waals surface area contributed by atoms with Crippen LogP contribution in [0.5, 0.6) is 0 Å². The number of fused-ring (bicyclic) bond motifs is 1. The Labute approximate surface area is 248 Å². The van der Waals surface area contributed by atoms with E-state index >= 15 is 0 Å². The number of carbonyl (C=O) groups excluding carboxylic acids is 2. The number of aliphatic carboxylic acids is 2. The van der Waals surface area contributed by atoms with Gasteiger partial charge < -0.3 is 43.8 Å². The predicted octanol–water partition coefficient (Wildman–Crippen LogP) is -10.4. The van der Waals surface area contributed by atoms with Gasteiger partial charge in [-0.1, -0.05) is 0 Å². The number of halogens is 1. The normalized spacial score (nSPS) is 10.6. The van der Waals surface area contributed by atoms with Crippen LogP contribution < -0.4 is 98.6 Å². The number of carboxylic acid groups (broad SMARTS) is 2. The molecule has 0 aliphatic heterocycles. The van der Waals surface area contributed by atoms with Crippen molar-refractivity contribution in [1.29, 1.82) is 0 Å². The maximum absolute atomic E-state index is 12.3. The van der Waals surface area contributed by atoms with Gasteiger partial charge in [0.2, 0.25) is 5.95 Å². The Bertz CT molecular complexity index is 1240. The molecule has 6 N–H and O–H groups in total. The first-order valence-corrected chi connectivity index (χ1v) is 9.32. The molecule has 2 heterocycles. The molecule has 0 radical (unpaired) electrons. The van der Waals surface area contributed by atoms with Gasteiger partial charge in [0.25, 0.3) is 11.5 Å². The molecule has 1 aromatic carbocycles. The van der Waals surface area contributed by atoms with Gasteiger partial charge in [-0.2, -0.15) is 4.98 Å². The third-order valence-electron chi connectivity index (χ3n) is 4.35. The molecule has 0 aliphatic carbocycles. The van der Waals surface area contributed by atoms with Crippen LogP contribution in [0.4, 0.5) is 11.6 Å². The second-order valence-corrected chi connectivity index (χ2v) is 6.69. The summed E-state index contributed by atoms with van der Waals surface area (Å²) in [5, 5.41) is 25.0. The first kappa shape index (κ1) is 32.7. The van der Waals surface area contributed by atoms with Crippen LogP contribution in [0.15, 0.2) is 35.3 Å². The van der Waals surface area contributed by atoms with E-state index in [0.29, 0.717) is 11.4 Å². The summed E-state index contributed by atoms with van der Waals surface area (Å²) in [5.41, 5.74) is 6.43. The van der Waals surface area contributed by atoms with Crippen LogP contribution in [0.3, 0.4) is 0 Å². The summed E-state index contributed by atoms with van der Waals surface area (Å²) in [7, 11) is 0. The van der Waals surface area contributed by atoms with Gasteiger partial charge in [-0.15, -0.1) is 0 Å². The predicted molar refractivity (Wildman–Crippen MR) is 109 cm³/mol. The second-order valence-electron chi connectivity index (χ2n) is 6.69. The molecule has 1 amide bonds. The fraction of sp³-hybridized carbons (Fsp3) is 0.211. The number of nitrogen functional groups attached to an aromatic ring is 1. The smallest absolute Gasteiger partial charge is 1.00 e. The van der Waals surface area contributed by atoms with E-state index in [4.69, 9.17) is 10.8 Å². The number of anilines is 2. The van der Waals surface area contributed by atoms with Crippen molar-refractivity contribution in [2.45, 2.75) is 25.4 Å². The summed E-state index contributed by atoms with van der Waals surface area (Å²) in [5.74, 6) is -3.46. The minimum atomic E-state index is -1.40. The molecule has 0 aliphatic rings. The standard InChI is InChI=1S/C19H19N7O6.ClH.2Na/c20-19-25-15-14(17(30)26-19)23-11(8-22-15)7-21-10-3-1-9(2-4-10)16(29)24-12(18(31)32)5-6-13(27)28;;;/h1-4,8,12,21H,5-7H2,(H,24,29)(H,27,28)(H,31,32)(H3,20,22,25,26,30);1H;;/q;;2*+1/p-2/t12-;;;/m0.../s1. The number of hydrogen-bond acceptors (Lipinski definition) is 10. The molecule has 0 spiro atoms. The van der Waals surface area contributed by atoms with Crippen molar-refractivity contribution in [3.05, 3.63) is 52.1 Å². The molecule has 0 saturated heterocycles. The van der Waals surface area contributed by atoms with Gasteiger partial charge in [0.1, 0.15) is 6.04 Å². The summed E-state index contributed by atoms with van der Waals surface area (Å²) in [4.78, 5) is 60.4. The second kappa shape index (κ2) is 15.0. The van der Waals surface area contributed by atoms with Crippen molar-refractivity contribution >= 4 is 40.6 Å². The van der Waals surface area contributed by atoms with Crippen molar-refractivity contribution in [3.8, 4) is 0 Å². The molecule has 35 heavy (non-hydrogen) atoms. The summed E-state index contributed by atoms with van der Waals surface area (Å²) in [6.45, 7) is 0.225. The Morgan fingerprint density at radius 2 is 1.80 bits per heavy atom. The molecular weight excluding hydrogens is 504 g/mol. The number of amides is 1. The Hall–Kier alpha value is -2.26. The third-order valence-corrected chi connectivity index (χ3v) is 4.35. The number of H-pyrrole nitrogens is 1. The zero-order chi connectivity index (χ0) is 23.3. The molecule has 13 nitrogen and oxygen atoms in total. The van der Waals surface area contributed by atoms with Gasteiger partial charge >= 0.3 is 65.1 Å². The number of aromatic nitrogens is 4. The molecule has 3 rings (SSSR count). The molecule has 16 heteroatoms. The molecule has 3 aromatic rings. The summed E-state index contributed by atoms with van der Waals surface area (Å²) in [6, 6.07) is 4.78. The number of nitrogens with one attached hydrogen (secondary N) is 3. The Morgan fingerprint density at radius 1 is 1.14 bits per heavy atom. The van der Waals surface area contributed by atoms with Gasteiger partial charge in [-0.05, 0) is 37.1 Å². The fourth-order valence-corrected chi connectivity index (χ4v) is 2.75. The number of hydrogen-bond donors (Lipinski definition) is 5. The van der Waals surface area contributed by atoms with E-state index in [1.807, 2.05) is 0 Å². The van der Waals surface area contributed by atoms with Crippen molar-refractivity contribution in [3.63, 3.8) is 0 Å². The first-order valence-electron chi connectivity index (χ1n) is 9.32. The molecule has 0 fully saturated rings. The van der Waals surface area contributed by atoms with Crippen LogP contribution in [-0.2, 0) is 16.1 Å². The van der Waals surface area contributed by atoms with E-state index in [1.165, 1.54) is 18.3 Å². The van der Waals surface area contributed by atoms with Gasteiger partial charge in [0, 0.05) is 17.2 Å². The van der Waals surface area contributed by atoms with E-state index in [1.54, 1.807) is 12.1 Å². The van der Waals surface area contributed by atoms with Gasteiger partial charge in [-0.3, -0.25) is 14.6 Å². The quantitative estimate of drug-likeness (QED) is 0.166. The number of nitrogens with zero attached hydrogens (tertiary/aromatic N) is 3. The van der Waals surface area contributed by atoms with Crippen LogP contribution in [0.25, 0.3) is 11.2 Å². The van der Waals surface area contributed by atoms with E-state index in [9.17, 15) is 24.3 Å². The van der Waals surface area contributed by atoms with Crippen molar-refractivity contribution < 1.29 is 96.1 Å². The maximum atomic E-state index is 12.3. The minimum absolute atomic E-state index is 0. The number of carboxylic acids is 2. The molecule has 0 unspecified atom stereocenters. The van der Waals surface area contributed by atoms with Crippen LogP contribution >= 0.6 is 0 Å². The van der Waals surface area contributed by atoms with E-state index < -0.39 is 35.9 Å². The number of rotatable bonds is 9. The SMILES string of the molecule is Nc1nc2ncc(CNc3ccc(C(=O)N[C@@H](CCC(=O)[O-])C(=O)O)cc3)nc2c(=O)[nH]1.[Cl-].[Na+].[Na+]. The van der Waals surface area contributed by atoms with Crippen LogP contribution in [0, 0.1) is 0 Å². The topological polar surface area (TPSA) is 216 Å². The molecule has 0 saturated carbocycles. The Morgan fingerprint density at radius 3 is 2.40 bits per heavy atom. The Balaban J connectivity index is 0.00000385. The number of benzene rings is 1. The average molecular weight is 522 g/mol.